The van der Waals surface area contributed by atoms with Gasteiger partial charge in [0.2, 0.25) is 15.9 Å². The molecule has 1 aromatic rings. The molecule has 1 atom stereocenters. The number of nitrogens with zero attached hydrogens (tertiary/aromatic N) is 2. The number of sulfonamides is 1. The smallest absolute Gasteiger partial charge is 0.227 e. The van der Waals surface area contributed by atoms with Crippen molar-refractivity contribution in [1.82, 2.24) is 4.98 Å². The van der Waals surface area contributed by atoms with Crippen LogP contribution in [0.25, 0.3) is 0 Å². The molecule has 0 aliphatic carbocycles. The highest BCUT2D eigenvalue weighted by Gasteiger charge is 2.33. The molecular weight excluding hydrogens is 402 g/mol. The van der Waals surface area contributed by atoms with Crippen molar-refractivity contribution in [1.29, 1.82) is 0 Å². The van der Waals surface area contributed by atoms with Crippen molar-refractivity contribution in [2.45, 2.75) is 6.42 Å². The minimum Gasteiger partial charge on any atom is -0.309 e. The van der Waals surface area contributed by atoms with Gasteiger partial charge in [0.05, 0.1) is 11.4 Å². The molecule has 2 heterocycles. The number of carbonyl (C=O) groups excluding carboxylic acids is 1. The fourth-order valence-electron chi connectivity index (χ4n) is 2.06. The highest BCUT2D eigenvalue weighted by atomic mass is 79.9. The van der Waals surface area contributed by atoms with Crippen LogP contribution in [-0.2, 0) is 14.8 Å². The van der Waals surface area contributed by atoms with Gasteiger partial charge >= 0.3 is 0 Å². The summed E-state index contributed by atoms with van der Waals surface area (Å²) in [4.78, 5) is 17.6. The number of hydrogen-bond acceptors (Lipinski definition) is 4. The molecule has 1 saturated heterocycles. The van der Waals surface area contributed by atoms with Crippen LogP contribution in [0, 0.1) is 5.92 Å². The largest absolute Gasteiger partial charge is 0.309 e. The van der Waals surface area contributed by atoms with E-state index >= 15 is 0 Å². The van der Waals surface area contributed by atoms with E-state index < -0.39 is 10.0 Å². The van der Waals surface area contributed by atoms with Crippen LogP contribution in [0.1, 0.15) is 6.42 Å². The van der Waals surface area contributed by atoms with Gasteiger partial charge < -0.3 is 4.90 Å². The van der Waals surface area contributed by atoms with Crippen molar-refractivity contribution in [2.24, 2.45) is 11.1 Å². The molecule has 9 heteroatoms. The summed E-state index contributed by atoms with van der Waals surface area (Å²) in [6.45, 7) is 0.325. The molecule has 1 aromatic heterocycles. The Morgan fingerprint density at radius 2 is 2.16 bits per heavy atom. The topological polar surface area (TPSA) is 93.4 Å². The van der Waals surface area contributed by atoms with Gasteiger partial charge in [0.1, 0.15) is 4.60 Å². The molecule has 1 aliphatic heterocycles. The third-order valence-corrected chi connectivity index (χ3v) is 4.73. The highest BCUT2D eigenvalue weighted by Crippen LogP contribution is 2.32. The second kappa shape index (κ2) is 5.47. The summed E-state index contributed by atoms with van der Waals surface area (Å²) >= 11 is 6.57. The molecule has 2 rings (SSSR count). The first kappa shape index (κ1) is 14.9. The lowest BCUT2D eigenvalue weighted by Gasteiger charge is -2.17. The zero-order valence-electron chi connectivity index (χ0n) is 9.71. The van der Waals surface area contributed by atoms with Crippen LogP contribution < -0.4 is 10.0 Å². The van der Waals surface area contributed by atoms with Crippen LogP contribution in [0.2, 0.25) is 0 Å². The molecule has 1 unspecified atom stereocenters. The number of anilines is 1. The minimum absolute atomic E-state index is 0.130. The standard InChI is InChI=1S/C10H11Br2N3O3S/c11-7-2-8(10(12)14-3-7)15-4-6(1-9(15)16)5-19(13,17)18/h2-3,6H,1,4-5H2,(H2,13,17,18). The van der Waals surface area contributed by atoms with Crippen molar-refractivity contribution in [2.75, 3.05) is 17.2 Å². The molecule has 0 spiro atoms. The average molecular weight is 413 g/mol. The maximum absolute atomic E-state index is 12.0. The van der Waals surface area contributed by atoms with Crippen molar-refractivity contribution in [3.63, 3.8) is 0 Å². The predicted molar refractivity (Wildman–Crippen MR) is 78.1 cm³/mol. The summed E-state index contributed by atoms with van der Waals surface area (Å²) in [6.07, 6.45) is 1.78. The molecule has 0 bridgehead atoms. The Hall–Kier alpha value is -0.510. The van der Waals surface area contributed by atoms with Gasteiger partial charge in [-0.05, 0) is 37.9 Å². The predicted octanol–water partition coefficient (Wildman–Crippen LogP) is 1.25. The summed E-state index contributed by atoms with van der Waals surface area (Å²) in [5.74, 6) is -0.600. The van der Waals surface area contributed by atoms with Crippen molar-refractivity contribution in [3.05, 3.63) is 21.3 Å². The Morgan fingerprint density at radius 3 is 2.79 bits per heavy atom. The van der Waals surface area contributed by atoms with E-state index in [4.69, 9.17) is 5.14 Å². The second-order valence-electron chi connectivity index (χ2n) is 4.37. The summed E-state index contributed by atoms with van der Waals surface area (Å²) < 4.78 is 23.4. The molecule has 1 fully saturated rings. The minimum atomic E-state index is -3.57. The van der Waals surface area contributed by atoms with Crippen LogP contribution >= 0.6 is 31.9 Å². The van der Waals surface area contributed by atoms with Gasteiger partial charge in [-0.1, -0.05) is 0 Å². The molecule has 104 valence electrons. The summed E-state index contributed by atoms with van der Waals surface area (Å²) in [7, 11) is -3.57. The molecule has 1 aliphatic rings. The van der Waals surface area contributed by atoms with E-state index in [9.17, 15) is 13.2 Å². The van der Waals surface area contributed by atoms with Gasteiger partial charge in [-0.25, -0.2) is 18.5 Å². The molecule has 2 N–H and O–H groups in total. The number of carbonyl (C=O) groups is 1. The van der Waals surface area contributed by atoms with E-state index in [1.807, 2.05) is 0 Å². The van der Waals surface area contributed by atoms with Crippen molar-refractivity contribution >= 4 is 53.5 Å². The second-order valence-corrected chi connectivity index (χ2v) is 7.69. The molecular formula is C10H11Br2N3O3S. The summed E-state index contributed by atoms with van der Waals surface area (Å²) in [5.41, 5.74) is 0.622. The Kier molecular flexibility index (Phi) is 4.29. The maximum atomic E-state index is 12.0. The van der Waals surface area contributed by atoms with E-state index in [2.05, 4.69) is 36.8 Å². The molecule has 0 radical (unpaired) electrons. The number of hydrogen-bond donors (Lipinski definition) is 1. The Morgan fingerprint density at radius 1 is 1.47 bits per heavy atom. The van der Waals surface area contributed by atoms with Gasteiger partial charge in [0.15, 0.2) is 0 Å². The van der Waals surface area contributed by atoms with Crippen molar-refractivity contribution < 1.29 is 13.2 Å². The van der Waals surface area contributed by atoms with E-state index in [1.165, 1.54) is 4.90 Å². The quantitative estimate of drug-likeness (QED) is 0.756. The lowest BCUT2D eigenvalue weighted by atomic mass is 10.1. The molecule has 6 nitrogen and oxygen atoms in total. The Balaban J connectivity index is 2.23. The first-order valence-corrected chi connectivity index (χ1v) is 8.68. The van der Waals surface area contributed by atoms with Gasteiger partial charge in [-0.15, -0.1) is 0 Å². The number of aromatic nitrogens is 1. The number of amides is 1. The van der Waals surface area contributed by atoms with E-state index in [0.29, 0.717) is 16.8 Å². The fourth-order valence-corrected chi connectivity index (χ4v) is 3.69. The average Bonchev–Trinajstić information content (AvgIpc) is 2.60. The fraction of sp³-hybridized carbons (Fsp3) is 0.400. The van der Waals surface area contributed by atoms with Gasteiger partial charge in [-0.2, -0.15) is 0 Å². The number of pyridine rings is 1. The van der Waals surface area contributed by atoms with Gasteiger partial charge in [-0.3, -0.25) is 4.79 Å². The lowest BCUT2D eigenvalue weighted by molar-refractivity contribution is -0.117. The van der Waals surface area contributed by atoms with E-state index in [1.54, 1.807) is 12.3 Å². The number of halogens is 2. The summed E-state index contributed by atoms with van der Waals surface area (Å²) in [6, 6.07) is 1.76. The molecule has 1 amide bonds. The van der Waals surface area contributed by atoms with Crippen LogP contribution in [0.4, 0.5) is 5.69 Å². The normalized spacial score (nSPS) is 20.1. The monoisotopic (exact) mass is 411 g/mol. The first-order chi connectivity index (χ1) is 8.76. The maximum Gasteiger partial charge on any atom is 0.227 e. The number of nitrogens with two attached hydrogens (primary N) is 1. The Bertz CT molecular complexity index is 620. The van der Waals surface area contributed by atoms with Crippen LogP contribution in [0.5, 0.6) is 0 Å². The van der Waals surface area contributed by atoms with Gasteiger partial charge in [0.25, 0.3) is 0 Å². The highest BCUT2D eigenvalue weighted by molar-refractivity contribution is 9.11. The SMILES string of the molecule is NS(=O)(=O)CC1CC(=O)N(c2cc(Br)cnc2Br)C1. The first-order valence-electron chi connectivity index (χ1n) is 5.38. The van der Waals surface area contributed by atoms with Gasteiger partial charge in [0, 0.05) is 29.6 Å². The molecule has 0 aromatic carbocycles. The number of rotatable bonds is 3. The van der Waals surface area contributed by atoms with Crippen molar-refractivity contribution in [3.8, 4) is 0 Å². The zero-order valence-corrected chi connectivity index (χ0v) is 13.7. The van der Waals surface area contributed by atoms with Crippen LogP contribution in [-0.4, -0.2) is 31.6 Å². The number of primary sulfonamides is 1. The third kappa shape index (κ3) is 3.74. The lowest BCUT2D eigenvalue weighted by Crippen LogP contribution is -2.27. The Labute approximate surface area is 127 Å². The third-order valence-electron chi connectivity index (χ3n) is 2.75. The molecule has 19 heavy (non-hydrogen) atoms. The zero-order chi connectivity index (χ0) is 14.2. The van der Waals surface area contributed by atoms with Crippen LogP contribution in [0.3, 0.4) is 0 Å². The van der Waals surface area contributed by atoms with E-state index in [0.717, 1.165) is 4.47 Å². The summed E-state index contributed by atoms with van der Waals surface area (Å²) in [5, 5.41) is 5.01. The molecule has 0 saturated carbocycles. The van der Waals surface area contributed by atoms with E-state index in [-0.39, 0.29) is 24.0 Å². The van der Waals surface area contributed by atoms with Crippen LogP contribution in [0.15, 0.2) is 21.3 Å².